The van der Waals surface area contributed by atoms with Gasteiger partial charge in [-0.05, 0) is 83.1 Å². The number of phosphoric ester groups is 1. The molecule has 0 aromatic carbocycles. The van der Waals surface area contributed by atoms with Crippen LogP contribution in [0, 0.1) is 0 Å². The van der Waals surface area contributed by atoms with Crippen molar-refractivity contribution in [3.63, 3.8) is 0 Å². The number of unbranched alkanes of at least 4 members (excludes halogenated alkanes) is 26. The van der Waals surface area contributed by atoms with Gasteiger partial charge in [0, 0.05) is 12.8 Å². The van der Waals surface area contributed by atoms with E-state index in [1.54, 1.807) is 0 Å². The van der Waals surface area contributed by atoms with Crippen molar-refractivity contribution >= 4 is 19.7 Å². The lowest BCUT2D eigenvalue weighted by atomic mass is 10.0. The number of carbonyl (C=O) groups excluding carboxylic acids is 2. The third-order valence-corrected chi connectivity index (χ3v) is 13.8. The number of rotatable bonds is 53. The molecule has 0 aromatic heterocycles. The largest absolute Gasteiger partial charge is 0.472 e. The van der Waals surface area contributed by atoms with E-state index in [0.29, 0.717) is 17.4 Å². The molecule has 0 aliphatic carbocycles. The van der Waals surface area contributed by atoms with Gasteiger partial charge in [0.15, 0.2) is 0 Å². The van der Waals surface area contributed by atoms with E-state index in [4.69, 9.17) is 13.8 Å². The molecule has 3 unspecified atom stereocenters. The molecular formula is C65H114N2O7P+. The Morgan fingerprint density at radius 1 is 0.493 bits per heavy atom. The van der Waals surface area contributed by atoms with Crippen molar-refractivity contribution in [2.45, 2.75) is 251 Å². The summed E-state index contributed by atoms with van der Waals surface area (Å²) in [5.41, 5.74) is 0. The Hall–Kier alpha value is -3.33. The van der Waals surface area contributed by atoms with E-state index in [0.717, 1.165) is 83.5 Å². The van der Waals surface area contributed by atoms with Gasteiger partial charge >= 0.3 is 13.8 Å². The van der Waals surface area contributed by atoms with Crippen LogP contribution in [0.25, 0.3) is 0 Å². The predicted molar refractivity (Wildman–Crippen MR) is 323 cm³/mol. The average Bonchev–Trinajstić information content (AvgIpc) is 3.37. The molecule has 0 fully saturated rings. The quantitative estimate of drug-likeness (QED) is 0.0156. The predicted octanol–water partition coefficient (Wildman–Crippen LogP) is 18.6. The Morgan fingerprint density at radius 3 is 1.43 bits per heavy atom. The molecule has 0 saturated heterocycles. The Bertz CT molecular complexity index is 1650. The number of quaternary nitrogens is 1. The smallest absolute Gasteiger partial charge is 0.456 e. The third-order valence-electron chi connectivity index (χ3n) is 12.9. The number of amides is 1. The molecule has 9 nitrogen and oxygen atoms in total. The number of hydrogen-bond donors (Lipinski definition) is 2. The lowest BCUT2D eigenvalue weighted by Gasteiger charge is -2.27. The zero-order valence-corrected chi connectivity index (χ0v) is 49.9. The van der Waals surface area contributed by atoms with Crippen LogP contribution in [-0.4, -0.2) is 74.3 Å². The molecule has 2 N–H and O–H groups in total. The van der Waals surface area contributed by atoms with Crippen LogP contribution in [0.15, 0.2) is 109 Å². The third kappa shape index (κ3) is 55.2. The molecule has 0 saturated carbocycles. The van der Waals surface area contributed by atoms with Gasteiger partial charge in [-0.15, -0.1) is 0 Å². The molecule has 430 valence electrons. The highest BCUT2D eigenvalue weighted by atomic mass is 31.2. The molecule has 10 heteroatoms. The first kappa shape index (κ1) is 71.7. The van der Waals surface area contributed by atoms with Gasteiger partial charge in [0.1, 0.15) is 19.3 Å². The van der Waals surface area contributed by atoms with Crippen LogP contribution in [-0.2, 0) is 27.9 Å². The van der Waals surface area contributed by atoms with Crippen molar-refractivity contribution < 1.29 is 37.3 Å². The van der Waals surface area contributed by atoms with Crippen LogP contribution in [0.1, 0.15) is 239 Å². The molecule has 0 heterocycles. The van der Waals surface area contributed by atoms with Crippen molar-refractivity contribution in [3.05, 3.63) is 109 Å². The number of carbonyl (C=O) groups is 2. The summed E-state index contributed by atoms with van der Waals surface area (Å²) >= 11 is 0. The fourth-order valence-electron chi connectivity index (χ4n) is 8.18. The Kier molecular flexibility index (Phi) is 51.6. The zero-order valence-electron chi connectivity index (χ0n) is 49.0. The molecule has 0 bridgehead atoms. The number of nitrogens with zero attached hydrogens (tertiary/aromatic N) is 1. The normalized spacial score (nSPS) is 14.5. The molecule has 0 radical (unpaired) electrons. The lowest BCUT2D eigenvalue weighted by Crippen LogP contribution is -2.47. The molecule has 0 aliphatic heterocycles. The fraction of sp³-hybridized carbons (Fsp3) is 0.692. The van der Waals surface area contributed by atoms with Crippen LogP contribution in [0.4, 0.5) is 0 Å². The first-order chi connectivity index (χ1) is 36.4. The van der Waals surface area contributed by atoms with Crippen molar-refractivity contribution in [1.29, 1.82) is 0 Å². The molecule has 3 atom stereocenters. The second kappa shape index (κ2) is 54.0. The van der Waals surface area contributed by atoms with E-state index in [2.05, 4.69) is 62.5 Å². The van der Waals surface area contributed by atoms with Crippen LogP contribution in [0.5, 0.6) is 0 Å². The van der Waals surface area contributed by atoms with Gasteiger partial charge in [-0.2, -0.15) is 0 Å². The topological polar surface area (TPSA) is 111 Å². The summed E-state index contributed by atoms with van der Waals surface area (Å²) in [5, 5.41) is 3.03. The zero-order chi connectivity index (χ0) is 55.0. The number of phosphoric acid groups is 1. The van der Waals surface area contributed by atoms with E-state index < -0.39 is 20.0 Å². The number of nitrogens with one attached hydrogen (secondary N) is 1. The van der Waals surface area contributed by atoms with Gasteiger partial charge in [-0.25, -0.2) is 4.57 Å². The molecular weight excluding hydrogens is 952 g/mol. The van der Waals surface area contributed by atoms with E-state index >= 15 is 0 Å². The van der Waals surface area contributed by atoms with Gasteiger partial charge in [-0.3, -0.25) is 18.6 Å². The minimum atomic E-state index is -4.47. The number of ether oxygens (including phenoxy) is 1. The van der Waals surface area contributed by atoms with Crippen LogP contribution >= 0.6 is 7.82 Å². The SMILES string of the molecule is CC\C=C/C=C/C=C/C=C\C=C\C=C\CCCCCC(=O)NC(COP(=O)(O)OCC[N+](C)(C)C)C(/C=C/CCCCCCCCCCCCC)OC(=O)CCCCCCCCCCC/C=C\C/C=C\CCCCC. The molecule has 75 heavy (non-hydrogen) atoms. The van der Waals surface area contributed by atoms with Gasteiger partial charge in [0.05, 0.1) is 33.8 Å². The number of likely N-dealkylation sites (N-methyl/N-ethyl adjacent to an activating group) is 1. The standard InChI is InChI=1S/C65H113N2O7P/c1-7-10-13-16-19-22-25-28-30-32-33-35-37-40-43-46-49-52-55-58-65(69)74-63(56-53-50-47-44-41-38-27-24-21-18-15-12-9-3)62(61-73-75(70,71)72-60-59-67(4,5)6)66-64(68)57-54-51-48-45-42-39-36-34-31-29-26-23-20-17-14-11-8-2/h11,14,17,19-20,22-23,26,28-31,34,36,39,42,53,56,62-63H,7-10,12-13,15-16,18,21,24-25,27,32-33,35,37-38,40-41,43-52,54-55,57-61H2,1-6H3,(H-,66,68,70,71)/p+1/b14-11-,20-17+,22-19-,26-23+,30-28-,31-29-,36-34+,42-39+,56-53+. The molecule has 0 aliphatic rings. The maximum Gasteiger partial charge on any atom is 0.472 e. The summed E-state index contributed by atoms with van der Waals surface area (Å²) in [6, 6.07) is -0.880. The minimum Gasteiger partial charge on any atom is -0.456 e. The Morgan fingerprint density at radius 2 is 0.907 bits per heavy atom. The highest BCUT2D eigenvalue weighted by Crippen LogP contribution is 2.43. The monoisotopic (exact) mass is 1070 g/mol. The number of allylic oxidation sites excluding steroid dienone is 17. The average molecular weight is 1070 g/mol. The number of hydrogen-bond acceptors (Lipinski definition) is 6. The Balaban J connectivity index is 5.41. The molecule has 0 aromatic rings. The Labute approximate surface area is 461 Å². The van der Waals surface area contributed by atoms with Crippen molar-refractivity contribution in [3.8, 4) is 0 Å². The van der Waals surface area contributed by atoms with Gasteiger partial charge in [0.25, 0.3) is 0 Å². The first-order valence-electron chi connectivity index (χ1n) is 30.3. The van der Waals surface area contributed by atoms with E-state index in [1.807, 2.05) is 94.1 Å². The second-order valence-electron chi connectivity index (χ2n) is 21.3. The van der Waals surface area contributed by atoms with Crippen LogP contribution in [0.2, 0.25) is 0 Å². The van der Waals surface area contributed by atoms with Crippen molar-refractivity contribution in [1.82, 2.24) is 5.32 Å². The minimum absolute atomic E-state index is 0.0247. The van der Waals surface area contributed by atoms with Gasteiger partial charge < -0.3 is 19.4 Å². The van der Waals surface area contributed by atoms with Crippen molar-refractivity contribution in [2.75, 3.05) is 40.9 Å². The molecule has 1 amide bonds. The maximum absolute atomic E-state index is 13.5. The summed E-state index contributed by atoms with van der Waals surface area (Å²) in [6.45, 7) is 6.79. The van der Waals surface area contributed by atoms with Crippen LogP contribution < -0.4 is 5.32 Å². The fourth-order valence-corrected chi connectivity index (χ4v) is 8.91. The summed E-state index contributed by atoms with van der Waals surface area (Å²) in [4.78, 5) is 37.7. The second-order valence-corrected chi connectivity index (χ2v) is 22.7. The highest BCUT2D eigenvalue weighted by molar-refractivity contribution is 7.47. The molecule has 0 rings (SSSR count). The van der Waals surface area contributed by atoms with Gasteiger partial charge in [-0.1, -0.05) is 252 Å². The maximum atomic E-state index is 13.5. The van der Waals surface area contributed by atoms with Crippen LogP contribution in [0.3, 0.4) is 0 Å². The number of esters is 1. The van der Waals surface area contributed by atoms with E-state index in [9.17, 15) is 19.0 Å². The lowest BCUT2D eigenvalue weighted by molar-refractivity contribution is -0.870. The van der Waals surface area contributed by atoms with E-state index in [-0.39, 0.29) is 37.9 Å². The summed E-state index contributed by atoms with van der Waals surface area (Å²) in [7, 11) is 1.45. The first-order valence-corrected chi connectivity index (χ1v) is 31.8. The van der Waals surface area contributed by atoms with E-state index in [1.165, 1.54) is 116 Å². The highest BCUT2D eigenvalue weighted by Gasteiger charge is 2.30. The molecule has 0 spiro atoms. The summed E-state index contributed by atoms with van der Waals surface area (Å²) in [5.74, 6) is -0.566. The van der Waals surface area contributed by atoms with Crippen molar-refractivity contribution in [2.24, 2.45) is 0 Å². The summed E-state index contributed by atoms with van der Waals surface area (Å²) in [6.07, 6.45) is 73.7. The van der Waals surface area contributed by atoms with Gasteiger partial charge in [0.2, 0.25) is 5.91 Å². The summed E-state index contributed by atoms with van der Waals surface area (Å²) < 4.78 is 30.6.